The molecular formula is C31H17O6-3. The van der Waals surface area contributed by atoms with Crippen molar-refractivity contribution in [1.82, 2.24) is 0 Å². The van der Waals surface area contributed by atoms with E-state index in [9.17, 15) is 29.7 Å². The van der Waals surface area contributed by atoms with Crippen molar-refractivity contribution in [2.75, 3.05) is 0 Å². The Morgan fingerprint density at radius 2 is 0.676 bits per heavy atom. The maximum Gasteiger partial charge on any atom is 0.0715 e. The molecule has 0 heterocycles. The highest BCUT2D eigenvalue weighted by Gasteiger charge is 2.49. The Bertz CT molecular complexity index is 1700. The Morgan fingerprint density at radius 3 is 0.973 bits per heavy atom. The van der Waals surface area contributed by atoms with Crippen LogP contribution in [0.4, 0.5) is 0 Å². The molecule has 6 heteroatoms. The third-order valence-corrected chi connectivity index (χ3v) is 8.31. The van der Waals surface area contributed by atoms with Crippen LogP contribution in [0.3, 0.4) is 0 Å². The number of carboxylic acid groups (broad SMARTS) is 3. The van der Waals surface area contributed by atoms with E-state index < -0.39 is 17.9 Å². The van der Waals surface area contributed by atoms with E-state index in [0.717, 1.165) is 44.5 Å². The summed E-state index contributed by atoms with van der Waals surface area (Å²) in [7, 11) is 0. The first-order valence-corrected chi connectivity index (χ1v) is 12.0. The molecular weight excluding hydrogens is 468 g/mol. The summed E-state index contributed by atoms with van der Waals surface area (Å²) in [6.07, 6.45) is 0. The highest BCUT2D eigenvalue weighted by Crippen LogP contribution is 2.64. The standard InChI is InChI=1S/C31H20O6/c32-29(33)14-5-8-19-22(11-14)26-18-4-2-1-3-17(18)25(19)27-20-9-6-16(31(36)37)13-24(20)28(26)21-10-7-15(30(34)35)12-23(21)27/h1-13,25-28H,(H,32,33)(H,34,35)(H,36,37)/p-3. The van der Waals surface area contributed by atoms with Gasteiger partial charge in [-0.25, -0.2) is 0 Å². The average molecular weight is 485 g/mol. The number of carboxylic acids is 3. The highest BCUT2D eigenvalue weighted by molar-refractivity contribution is 5.89. The quantitative estimate of drug-likeness (QED) is 0.435. The summed E-state index contributed by atoms with van der Waals surface area (Å²) in [6, 6.07) is 23.1. The zero-order chi connectivity index (χ0) is 25.6. The first kappa shape index (κ1) is 21.6. The van der Waals surface area contributed by atoms with E-state index in [1.165, 1.54) is 12.1 Å². The second-order valence-electron chi connectivity index (χ2n) is 9.93. The van der Waals surface area contributed by atoms with E-state index in [2.05, 4.69) is 6.07 Å². The summed E-state index contributed by atoms with van der Waals surface area (Å²) in [6.45, 7) is 0. The Balaban J connectivity index is 1.63. The minimum atomic E-state index is -1.28. The van der Waals surface area contributed by atoms with E-state index in [-0.39, 0.29) is 40.4 Å². The van der Waals surface area contributed by atoms with Gasteiger partial charge in [-0.15, -0.1) is 0 Å². The average Bonchev–Trinajstić information content (AvgIpc) is 2.88. The van der Waals surface area contributed by atoms with Crippen molar-refractivity contribution in [2.24, 2.45) is 0 Å². The van der Waals surface area contributed by atoms with Gasteiger partial charge in [0.25, 0.3) is 0 Å². The summed E-state index contributed by atoms with van der Waals surface area (Å²) < 4.78 is 0. The zero-order valence-electron chi connectivity index (χ0n) is 19.3. The number of benzene rings is 4. The molecule has 4 unspecified atom stereocenters. The van der Waals surface area contributed by atoms with Gasteiger partial charge in [0, 0.05) is 23.7 Å². The molecule has 4 aromatic rings. The SMILES string of the molecule is O=C([O-])c1ccc2c(c1)C1c3ccc(C(=O)[O-])cc3C2C2c3ccccc3C1c1ccc(C(=O)[O-])cc12. The molecule has 180 valence electrons. The number of hydrogen-bond donors (Lipinski definition) is 0. The van der Waals surface area contributed by atoms with Crippen molar-refractivity contribution in [2.45, 2.75) is 23.7 Å². The van der Waals surface area contributed by atoms with Crippen LogP contribution in [0.25, 0.3) is 0 Å². The maximum absolute atomic E-state index is 11.8. The molecule has 6 aliphatic rings. The summed E-state index contributed by atoms with van der Waals surface area (Å²) in [5, 5.41) is 35.5. The normalized spacial score (nSPS) is 21.6. The van der Waals surface area contributed by atoms with Gasteiger partial charge >= 0.3 is 0 Å². The van der Waals surface area contributed by atoms with Crippen LogP contribution in [0.1, 0.15) is 99.3 Å². The van der Waals surface area contributed by atoms with Gasteiger partial charge in [-0.05, 0) is 79.4 Å². The fraction of sp³-hybridized carbons (Fsp3) is 0.129. The fourth-order valence-corrected chi connectivity index (χ4v) is 6.95. The second kappa shape index (κ2) is 7.40. The van der Waals surface area contributed by atoms with Crippen LogP contribution in [0, 0.1) is 0 Å². The van der Waals surface area contributed by atoms with Gasteiger partial charge in [0.15, 0.2) is 0 Å². The fourth-order valence-electron chi connectivity index (χ4n) is 6.95. The number of carbonyl (C=O) groups excluding carboxylic acids is 3. The van der Waals surface area contributed by atoms with Crippen LogP contribution in [0.2, 0.25) is 0 Å². The van der Waals surface area contributed by atoms with E-state index in [1.807, 2.05) is 30.3 Å². The van der Waals surface area contributed by atoms with Crippen LogP contribution < -0.4 is 15.3 Å². The molecule has 10 rings (SSSR count). The molecule has 0 aliphatic heterocycles. The Kier molecular flexibility index (Phi) is 4.31. The van der Waals surface area contributed by atoms with E-state index >= 15 is 0 Å². The predicted molar refractivity (Wildman–Crippen MR) is 126 cm³/mol. The minimum Gasteiger partial charge on any atom is -0.545 e. The topological polar surface area (TPSA) is 120 Å². The van der Waals surface area contributed by atoms with Crippen molar-refractivity contribution in [3.63, 3.8) is 0 Å². The van der Waals surface area contributed by atoms with Crippen LogP contribution in [0.5, 0.6) is 0 Å². The van der Waals surface area contributed by atoms with Gasteiger partial charge < -0.3 is 29.7 Å². The summed E-state index contributed by atoms with van der Waals surface area (Å²) >= 11 is 0. The summed E-state index contributed by atoms with van der Waals surface area (Å²) in [5.41, 5.74) is 7.70. The van der Waals surface area contributed by atoms with Crippen LogP contribution in [-0.4, -0.2) is 17.9 Å². The van der Waals surface area contributed by atoms with Gasteiger partial charge in [-0.3, -0.25) is 0 Å². The van der Waals surface area contributed by atoms with Crippen LogP contribution in [-0.2, 0) is 0 Å². The summed E-state index contributed by atoms with van der Waals surface area (Å²) in [4.78, 5) is 35.5. The van der Waals surface area contributed by atoms with Gasteiger partial charge in [0.05, 0.1) is 17.9 Å². The molecule has 0 amide bonds. The van der Waals surface area contributed by atoms with Crippen LogP contribution in [0.15, 0.2) is 78.9 Å². The minimum absolute atomic E-state index is 0.0609. The Labute approximate surface area is 211 Å². The first-order valence-electron chi connectivity index (χ1n) is 12.0. The molecule has 37 heavy (non-hydrogen) atoms. The molecule has 6 aliphatic carbocycles. The molecule has 6 nitrogen and oxygen atoms in total. The summed E-state index contributed by atoms with van der Waals surface area (Å²) in [5.74, 6) is -5.09. The monoisotopic (exact) mass is 485 g/mol. The molecule has 0 aromatic heterocycles. The zero-order valence-corrected chi connectivity index (χ0v) is 19.3. The van der Waals surface area contributed by atoms with Gasteiger partial charge in [0.1, 0.15) is 0 Å². The van der Waals surface area contributed by atoms with Crippen molar-refractivity contribution in [3.8, 4) is 0 Å². The molecule has 0 fully saturated rings. The second-order valence-corrected chi connectivity index (χ2v) is 9.93. The molecule has 0 N–H and O–H groups in total. The maximum atomic E-state index is 11.8. The van der Waals surface area contributed by atoms with Crippen molar-refractivity contribution >= 4 is 17.9 Å². The highest BCUT2D eigenvalue weighted by atomic mass is 16.4. The first-order chi connectivity index (χ1) is 17.8. The Morgan fingerprint density at radius 1 is 0.405 bits per heavy atom. The lowest BCUT2D eigenvalue weighted by atomic mass is 9.52. The van der Waals surface area contributed by atoms with Crippen molar-refractivity contribution < 1.29 is 29.7 Å². The largest absolute Gasteiger partial charge is 0.545 e. The molecule has 0 saturated carbocycles. The predicted octanol–water partition coefficient (Wildman–Crippen LogP) is 1.65. The molecule has 4 bridgehead atoms. The van der Waals surface area contributed by atoms with Crippen LogP contribution >= 0.6 is 0 Å². The molecule has 4 atom stereocenters. The smallest absolute Gasteiger partial charge is 0.0715 e. The van der Waals surface area contributed by atoms with Crippen molar-refractivity contribution in [3.05, 3.63) is 140 Å². The lowest BCUT2D eigenvalue weighted by Gasteiger charge is -2.50. The van der Waals surface area contributed by atoms with Gasteiger partial charge in [0.2, 0.25) is 0 Å². The third kappa shape index (κ3) is 2.84. The van der Waals surface area contributed by atoms with Gasteiger partial charge in [-0.2, -0.15) is 0 Å². The lowest BCUT2D eigenvalue weighted by molar-refractivity contribution is -0.256. The number of aromatic carboxylic acids is 3. The number of rotatable bonds is 3. The van der Waals surface area contributed by atoms with E-state index in [0.29, 0.717) is 0 Å². The van der Waals surface area contributed by atoms with E-state index in [4.69, 9.17) is 0 Å². The Hall–Kier alpha value is -4.71. The third-order valence-electron chi connectivity index (χ3n) is 8.31. The van der Waals surface area contributed by atoms with E-state index in [1.54, 1.807) is 30.3 Å². The molecule has 0 spiro atoms. The molecule has 0 radical (unpaired) electrons. The lowest BCUT2D eigenvalue weighted by Crippen LogP contribution is -2.37. The van der Waals surface area contributed by atoms with Crippen molar-refractivity contribution in [1.29, 1.82) is 0 Å². The number of hydrogen-bond acceptors (Lipinski definition) is 6. The number of carbonyl (C=O) groups is 3. The molecule has 0 saturated heterocycles. The molecule has 4 aromatic carbocycles. The van der Waals surface area contributed by atoms with Gasteiger partial charge in [-0.1, -0.05) is 60.7 Å².